The van der Waals surface area contributed by atoms with Crippen LogP contribution in [-0.2, 0) is 6.42 Å². The Balaban J connectivity index is 1.68. The third-order valence-corrected chi connectivity index (χ3v) is 6.19. The summed E-state index contributed by atoms with van der Waals surface area (Å²) in [6.07, 6.45) is 5.49. The third kappa shape index (κ3) is 4.44. The van der Waals surface area contributed by atoms with Gasteiger partial charge in [0.15, 0.2) is 6.29 Å². The molecule has 0 saturated heterocycles. The molecular weight excluding hydrogens is 426 g/mol. The van der Waals surface area contributed by atoms with Gasteiger partial charge in [-0.1, -0.05) is 86.0 Å². The molecule has 0 fully saturated rings. The number of benzene rings is 4. The molecule has 32 heavy (non-hydrogen) atoms. The van der Waals surface area contributed by atoms with E-state index in [2.05, 4.69) is 19.1 Å². The van der Waals surface area contributed by atoms with Crippen LogP contribution in [0.15, 0.2) is 66.7 Å². The van der Waals surface area contributed by atoms with Gasteiger partial charge < -0.3 is 0 Å². The second kappa shape index (κ2) is 9.62. The van der Waals surface area contributed by atoms with E-state index in [9.17, 15) is 13.6 Å². The molecule has 0 bridgehead atoms. The van der Waals surface area contributed by atoms with E-state index in [4.69, 9.17) is 11.6 Å². The lowest BCUT2D eigenvalue weighted by atomic mass is 9.92. The molecular formula is C28H23ClF2O. The number of carbonyl (C=O) groups is 1. The van der Waals surface area contributed by atoms with Crippen LogP contribution in [0, 0.1) is 11.6 Å². The Morgan fingerprint density at radius 1 is 0.812 bits per heavy atom. The van der Waals surface area contributed by atoms with Gasteiger partial charge >= 0.3 is 0 Å². The van der Waals surface area contributed by atoms with E-state index in [0.717, 1.165) is 41.0 Å². The monoisotopic (exact) mass is 448 g/mol. The topological polar surface area (TPSA) is 17.1 Å². The summed E-state index contributed by atoms with van der Waals surface area (Å²) in [5, 5.41) is 1.46. The molecule has 0 radical (unpaired) electrons. The fraction of sp³-hybridized carbons (Fsp3) is 0.179. The van der Waals surface area contributed by atoms with Crippen molar-refractivity contribution in [2.24, 2.45) is 0 Å². The maximum Gasteiger partial charge on any atom is 0.151 e. The van der Waals surface area contributed by atoms with E-state index in [1.807, 2.05) is 30.3 Å². The molecule has 0 N–H and O–H groups in total. The normalized spacial score (nSPS) is 11.1. The minimum atomic E-state index is -0.794. The molecule has 0 aromatic heterocycles. The van der Waals surface area contributed by atoms with Crippen LogP contribution < -0.4 is 0 Å². The van der Waals surface area contributed by atoms with Gasteiger partial charge in [0.25, 0.3) is 0 Å². The van der Waals surface area contributed by atoms with Crippen molar-refractivity contribution >= 4 is 28.7 Å². The second-order valence-corrected chi connectivity index (χ2v) is 8.37. The molecule has 0 amide bonds. The number of hydrogen-bond acceptors (Lipinski definition) is 1. The fourth-order valence-corrected chi connectivity index (χ4v) is 4.19. The third-order valence-electron chi connectivity index (χ3n) is 5.83. The summed E-state index contributed by atoms with van der Waals surface area (Å²) >= 11 is 5.58. The predicted molar refractivity (Wildman–Crippen MR) is 128 cm³/mol. The first-order valence-electron chi connectivity index (χ1n) is 10.8. The molecule has 4 rings (SSSR count). The van der Waals surface area contributed by atoms with Crippen molar-refractivity contribution in [2.45, 2.75) is 32.6 Å². The molecule has 0 heterocycles. The summed E-state index contributed by atoms with van der Waals surface area (Å²) in [6.45, 7) is 2.19. The SMILES string of the molecule is CCCCCc1ccc2c(C=O)c(-c3ccc(-c4cc(F)c(Cl)c(F)c4)cc3)ccc2c1. The average Bonchev–Trinajstić information content (AvgIpc) is 2.81. The summed E-state index contributed by atoms with van der Waals surface area (Å²) in [5.74, 6) is -1.59. The first-order chi connectivity index (χ1) is 15.5. The smallest absolute Gasteiger partial charge is 0.151 e. The van der Waals surface area contributed by atoms with Crippen LogP contribution in [-0.4, -0.2) is 6.29 Å². The van der Waals surface area contributed by atoms with Crippen molar-refractivity contribution in [1.82, 2.24) is 0 Å². The zero-order valence-electron chi connectivity index (χ0n) is 17.8. The predicted octanol–water partition coefficient (Wildman–Crippen LogP) is 8.65. The van der Waals surface area contributed by atoms with Gasteiger partial charge in [-0.15, -0.1) is 0 Å². The number of carbonyl (C=O) groups excluding carboxylic acids is 1. The van der Waals surface area contributed by atoms with E-state index in [0.29, 0.717) is 16.7 Å². The summed E-state index contributed by atoms with van der Waals surface area (Å²) in [5.41, 5.74) is 4.67. The molecule has 0 spiro atoms. The molecule has 4 aromatic rings. The minimum Gasteiger partial charge on any atom is -0.298 e. The van der Waals surface area contributed by atoms with Gasteiger partial charge in [0.1, 0.15) is 16.7 Å². The van der Waals surface area contributed by atoms with Crippen molar-refractivity contribution in [3.05, 3.63) is 94.5 Å². The zero-order chi connectivity index (χ0) is 22.7. The van der Waals surface area contributed by atoms with Crippen molar-refractivity contribution in [3.8, 4) is 22.3 Å². The quantitative estimate of drug-likeness (QED) is 0.157. The molecule has 0 aliphatic rings. The summed E-state index contributed by atoms with van der Waals surface area (Å²) in [4.78, 5) is 12.0. The number of unbranched alkanes of at least 4 members (excludes halogenated alkanes) is 2. The van der Waals surface area contributed by atoms with Crippen molar-refractivity contribution < 1.29 is 13.6 Å². The highest BCUT2D eigenvalue weighted by Crippen LogP contribution is 2.33. The molecule has 4 heteroatoms. The molecule has 1 nitrogen and oxygen atoms in total. The molecule has 0 saturated carbocycles. The lowest BCUT2D eigenvalue weighted by Gasteiger charge is -2.12. The van der Waals surface area contributed by atoms with E-state index < -0.39 is 16.7 Å². The van der Waals surface area contributed by atoms with Crippen molar-refractivity contribution in [1.29, 1.82) is 0 Å². The highest BCUT2D eigenvalue weighted by atomic mass is 35.5. The maximum atomic E-state index is 13.8. The number of aldehydes is 1. The summed E-state index contributed by atoms with van der Waals surface area (Å²) in [7, 11) is 0. The maximum absolute atomic E-state index is 13.8. The van der Waals surface area contributed by atoms with Gasteiger partial charge in [-0.3, -0.25) is 4.79 Å². The Labute approximate surface area is 191 Å². The molecule has 4 aromatic carbocycles. The Hall–Kier alpha value is -3.04. The summed E-state index contributed by atoms with van der Waals surface area (Å²) < 4.78 is 27.6. The van der Waals surface area contributed by atoms with Gasteiger partial charge in [-0.05, 0) is 63.6 Å². The van der Waals surface area contributed by atoms with E-state index in [1.165, 1.54) is 30.5 Å². The lowest BCUT2D eigenvalue weighted by molar-refractivity contribution is 0.112. The molecule has 162 valence electrons. The summed E-state index contributed by atoms with van der Waals surface area (Å²) in [6, 6.07) is 20.0. The van der Waals surface area contributed by atoms with Crippen LogP contribution in [0.3, 0.4) is 0 Å². The average molecular weight is 449 g/mol. The van der Waals surface area contributed by atoms with Crippen LogP contribution in [0.4, 0.5) is 8.78 Å². The standard InChI is InChI=1S/C28H23ClF2O/c1-2-3-4-5-18-6-12-24-21(14-18)11-13-23(25(24)17-32)20-9-7-19(8-10-20)22-15-26(30)28(29)27(31)16-22/h6-17H,2-5H2,1H3. The first kappa shape index (κ1) is 22.2. The van der Waals surface area contributed by atoms with Crippen molar-refractivity contribution in [3.63, 3.8) is 0 Å². The van der Waals surface area contributed by atoms with Gasteiger partial charge in [-0.25, -0.2) is 8.78 Å². The Morgan fingerprint density at radius 2 is 1.50 bits per heavy atom. The van der Waals surface area contributed by atoms with Crippen molar-refractivity contribution in [2.75, 3.05) is 0 Å². The molecule has 0 aliphatic carbocycles. The zero-order valence-corrected chi connectivity index (χ0v) is 18.6. The lowest BCUT2D eigenvalue weighted by Crippen LogP contribution is -1.93. The number of rotatable bonds is 7. The molecule has 0 atom stereocenters. The Morgan fingerprint density at radius 3 is 2.16 bits per heavy atom. The van der Waals surface area contributed by atoms with Crippen LogP contribution in [0.2, 0.25) is 5.02 Å². The highest BCUT2D eigenvalue weighted by molar-refractivity contribution is 6.31. The second-order valence-electron chi connectivity index (χ2n) is 7.99. The van der Waals surface area contributed by atoms with Gasteiger partial charge in [0.05, 0.1) is 0 Å². The van der Waals surface area contributed by atoms with Crippen LogP contribution >= 0.6 is 11.6 Å². The fourth-order valence-electron chi connectivity index (χ4n) is 4.08. The van der Waals surface area contributed by atoms with E-state index in [1.54, 1.807) is 12.1 Å². The number of hydrogen-bond donors (Lipinski definition) is 0. The van der Waals surface area contributed by atoms with E-state index >= 15 is 0 Å². The van der Waals surface area contributed by atoms with E-state index in [-0.39, 0.29) is 0 Å². The van der Waals surface area contributed by atoms with Gasteiger partial charge in [0, 0.05) is 5.56 Å². The Kier molecular flexibility index (Phi) is 6.66. The molecule has 0 unspecified atom stereocenters. The van der Waals surface area contributed by atoms with Gasteiger partial charge in [-0.2, -0.15) is 0 Å². The highest BCUT2D eigenvalue weighted by Gasteiger charge is 2.12. The van der Waals surface area contributed by atoms with Crippen LogP contribution in [0.25, 0.3) is 33.0 Å². The number of aryl methyl sites for hydroxylation is 1. The van der Waals surface area contributed by atoms with Gasteiger partial charge in [0.2, 0.25) is 0 Å². The minimum absolute atomic E-state index is 0.403. The largest absolute Gasteiger partial charge is 0.298 e. The number of halogens is 3. The number of fused-ring (bicyclic) bond motifs is 1. The Bertz CT molecular complexity index is 1260. The van der Waals surface area contributed by atoms with Crippen LogP contribution in [0.5, 0.6) is 0 Å². The first-order valence-corrected chi connectivity index (χ1v) is 11.2. The van der Waals surface area contributed by atoms with Crippen LogP contribution in [0.1, 0.15) is 42.1 Å². The molecule has 0 aliphatic heterocycles.